The third-order valence-electron chi connectivity index (χ3n) is 4.54. The Morgan fingerprint density at radius 1 is 1.43 bits per heavy atom. The molecular weight excluding hydrogens is 312 g/mol. The standard InChI is InChI=1S/C17H21ClN4O/c1-17(2)8-13(21-14(23)9-18)12-10-20-22(15(12)16(17)19)11-6-4-3-5-7-11/h3-7,10,13,16H,8-9,19H2,1-2H3,(H,21,23)/t13?,16-/m0/s1. The highest BCUT2D eigenvalue weighted by molar-refractivity contribution is 6.27. The number of carbonyl (C=O) groups excluding carboxylic acids is 1. The van der Waals surface area contributed by atoms with Gasteiger partial charge in [-0.2, -0.15) is 5.10 Å². The number of benzene rings is 1. The van der Waals surface area contributed by atoms with Crippen LogP contribution >= 0.6 is 11.6 Å². The highest BCUT2D eigenvalue weighted by atomic mass is 35.5. The number of rotatable bonds is 3. The number of nitrogens with two attached hydrogens (primary N) is 1. The minimum atomic E-state index is -0.179. The second-order valence-corrected chi connectivity index (χ2v) is 6.92. The van der Waals surface area contributed by atoms with Gasteiger partial charge in [-0.3, -0.25) is 4.79 Å². The summed E-state index contributed by atoms with van der Waals surface area (Å²) in [6.07, 6.45) is 2.56. The van der Waals surface area contributed by atoms with Crippen LogP contribution in [0.4, 0.5) is 0 Å². The highest BCUT2D eigenvalue weighted by Gasteiger charge is 2.41. The molecule has 1 aliphatic rings. The van der Waals surface area contributed by atoms with Crippen LogP contribution in [0.2, 0.25) is 0 Å². The minimum Gasteiger partial charge on any atom is -0.348 e. The summed E-state index contributed by atoms with van der Waals surface area (Å²) in [5, 5.41) is 7.51. The molecule has 0 radical (unpaired) electrons. The molecule has 0 fully saturated rings. The number of nitrogens with zero attached hydrogens (tertiary/aromatic N) is 2. The highest BCUT2D eigenvalue weighted by Crippen LogP contribution is 2.47. The fourth-order valence-electron chi connectivity index (χ4n) is 3.22. The largest absolute Gasteiger partial charge is 0.348 e. The molecule has 2 atom stereocenters. The summed E-state index contributed by atoms with van der Waals surface area (Å²) in [5.41, 5.74) is 9.25. The zero-order valence-corrected chi connectivity index (χ0v) is 14.0. The summed E-state index contributed by atoms with van der Waals surface area (Å²) < 4.78 is 1.88. The Morgan fingerprint density at radius 3 is 2.78 bits per heavy atom. The number of alkyl halides is 1. The molecule has 1 heterocycles. The van der Waals surface area contributed by atoms with Crippen LogP contribution in [0.5, 0.6) is 0 Å². The van der Waals surface area contributed by atoms with Crippen molar-refractivity contribution >= 4 is 17.5 Å². The number of nitrogens with one attached hydrogen (secondary N) is 1. The Labute approximate surface area is 140 Å². The van der Waals surface area contributed by atoms with Crippen molar-refractivity contribution in [1.29, 1.82) is 0 Å². The van der Waals surface area contributed by atoms with E-state index in [1.807, 2.05) is 35.0 Å². The van der Waals surface area contributed by atoms with Crippen LogP contribution in [0, 0.1) is 5.41 Å². The van der Waals surface area contributed by atoms with Gasteiger partial charge in [-0.1, -0.05) is 32.0 Å². The van der Waals surface area contributed by atoms with Crippen molar-refractivity contribution < 1.29 is 4.79 Å². The first kappa shape index (κ1) is 16.0. The van der Waals surface area contributed by atoms with Crippen LogP contribution < -0.4 is 11.1 Å². The van der Waals surface area contributed by atoms with Crippen molar-refractivity contribution in [3.8, 4) is 5.69 Å². The maximum atomic E-state index is 11.8. The maximum absolute atomic E-state index is 11.8. The number of aromatic nitrogens is 2. The Bertz CT molecular complexity index is 711. The quantitative estimate of drug-likeness (QED) is 0.849. The normalized spacial score (nSPS) is 22.4. The number of hydrogen-bond acceptors (Lipinski definition) is 3. The van der Waals surface area contributed by atoms with Crippen molar-refractivity contribution in [2.24, 2.45) is 11.1 Å². The van der Waals surface area contributed by atoms with Gasteiger partial charge in [-0.15, -0.1) is 11.6 Å². The molecule has 23 heavy (non-hydrogen) atoms. The SMILES string of the molecule is CC1(C)CC(NC(=O)CCl)c2cnn(-c3ccccc3)c2[C@@H]1N. The third-order valence-corrected chi connectivity index (χ3v) is 4.78. The fourth-order valence-corrected chi connectivity index (χ4v) is 3.30. The Morgan fingerprint density at radius 2 is 2.13 bits per heavy atom. The molecule has 122 valence electrons. The van der Waals surface area contributed by atoms with Gasteiger partial charge in [0.15, 0.2) is 0 Å². The zero-order valence-electron chi connectivity index (χ0n) is 13.3. The van der Waals surface area contributed by atoms with E-state index in [0.717, 1.165) is 23.4 Å². The molecule has 1 unspecified atom stereocenters. The average molecular weight is 333 g/mol. The van der Waals surface area contributed by atoms with E-state index < -0.39 is 0 Å². The number of carbonyl (C=O) groups is 1. The van der Waals surface area contributed by atoms with E-state index in [2.05, 4.69) is 24.3 Å². The monoisotopic (exact) mass is 332 g/mol. The molecule has 5 nitrogen and oxygen atoms in total. The molecule has 0 spiro atoms. The lowest BCUT2D eigenvalue weighted by Gasteiger charge is -2.40. The molecular formula is C17H21ClN4O. The van der Waals surface area contributed by atoms with E-state index in [-0.39, 0.29) is 29.3 Å². The lowest BCUT2D eigenvalue weighted by Crippen LogP contribution is -2.42. The van der Waals surface area contributed by atoms with E-state index in [1.165, 1.54) is 0 Å². The Kier molecular flexibility index (Phi) is 4.17. The molecule has 0 aliphatic heterocycles. The lowest BCUT2D eigenvalue weighted by atomic mass is 9.71. The van der Waals surface area contributed by atoms with Gasteiger partial charge in [0.25, 0.3) is 0 Å². The number of amides is 1. The van der Waals surface area contributed by atoms with Crippen molar-refractivity contribution in [2.45, 2.75) is 32.4 Å². The van der Waals surface area contributed by atoms with Crippen LogP contribution in [0.15, 0.2) is 36.5 Å². The van der Waals surface area contributed by atoms with Crippen LogP contribution in [0.25, 0.3) is 5.69 Å². The van der Waals surface area contributed by atoms with E-state index in [4.69, 9.17) is 17.3 Å². The average Bonchev–Trinajstić information content (AvgIpc) is 2.98. The number of hydrogen-bond donors (Lipinski definition) is 2. The molecule has 1 aromatic heterocycles. The number of halogens is 1. The molecule has 6 heteroatoms. The Balaban J connectivity index is 2.08. The molecule has 0 bridgehead atoms. The summed E-state index contributed by atoms with van der Waals surface area (Å²) >= 11 is 5.64. The summed E-state index contributed by atoms with van der Waals surface area (Å²) in [6.45, 7) is 4.23. The van der Waals surface area contributed by atoms with E-state index in [1.54, 1.807) is 6.20 Å². The molecule has 0 saturated carbocycles. The Hall–Kier alpha value is -1.85. The molecule has 2 aromatic rings. The number of para-hydroxylation sites is 1. The molecule has 1 aromatic carbocycles. The van der Waals surface area contributed by atoms with Gasteiger partial charge >= 0.3 is 0 Å². The van der Waals surface area contributed by atoms with Gasteiger partial charge in [-0.05, 0) is 24.0 Å². The first-order valence-corrected chi connectivity index (χ1v) is 8.21. The van der Waals surface area contributed by atoms with Crippen molar-refractivity contribution in [3.05, 3.63) is 47.8 Å². The lowest BCUT2D eigenvalue weighted by molar-refractivity contribution is -0.119. The van der Waals surface area contributed by atoms with Crippen LogP contribution in [-0.4, -0.2) is 21.6 Å². The topological polar surface area (TPSA) is 72.9 Å². The van der Waals surface area contributed by atoms with Crippen molar-refractivity contribution in [1.82, 2.24) is 15.1 Å². The van der Waals surface area contributed by atoms with Crippen LogP contribution in [0.3, 0.4) is 0 Å². The van der Waals surface area contributed by atoms with Crippen molar-refractivity contribution in [3.63, 3.8) is 0 Å². The maximum Gasteiger partial charge on any atom is 0.235 e. The second kappa shape index (κ2) is 5.98. The summed E-state index contributed by atoms with van der Waals surface area (Å²) in [4.78, 5) is 11.8. The van der Waals surface area contributed by atoms with Gasteiger partial charge in [0.05, 0.1) is 29.7 Å². The first-order valence-electron chi connectivity index (χ1n) is 7.68. The van der Waals surface area contributed by atoms with Gasteiger partial charge in [0, 0.05) is 5.56 Å². The van der Waals surface area contributed by atoms with Gasteiger partial charge in [-0.25, -0.2) is 4.68 Å². The molecule has 3 rings (SSSR count). The van der Waals surface area contributed by atoms with E-state index >= 15 is 0 Å². The minimum absolute atomic E-state index is 0.0505. The number of fused-ring (bicyclic) bond motifs is 1. The van der Waals surface area contributed by atoms with Gasteiger partial charge in [0.2, 0.25) is 5.91 Å². The summed E-state index contributed by atoms with van der Waals surface area (Å²) in [5.74, 6) is -0.230. The predicted molar refractivity (Wildman–Crippen MR) is 90.5 cm³/mol. The predicted octanol–water partition coefficient (Wildman–Crippen LogP) is 2.70. The van der Waals surface area contributed by atoms with Gasteiger partial charge in [0.1, 0.15) is 5.88 Å². The summed E-state index contributed by atoms with van der Waals surface area (Å²) in [7, 11) is 0. The third kappa shape index (κ3) is 2.86. The van der Waals surface area contributed by atoms with Crippen molar-refractivity contribution in [2.75, 3.05) is 5.88 Å². The molecule has 3 N–H and O–H groups in total. The smallest absolute Gasteiger partial charge is 0.235 e. The van der Waals surface area contributed by atoms with E-state index in [9.17, 15) is 4.79 Å². The second-order valence-electron chi connectivity index (χ2n) is 6.66. The van der Waals surface area contributed by atoms with Crippen LogP contribution in [-0.2, 0) is 4.79 Å². The fraction of sp³-hybridized carbons (Fsp3) is 0.412. The van der Waals surface area contributed by atoms with E-state index in [0.29, 0.717) is 0 Å². The first-order chi connectivity index (χ1) is 10.9. The molecule has 0 saturated heterocycles. The van der Waals surface area contributed by atoms with Gasteiger partial charge < -0.3 is 11.1 Å². The summed E-state index contributed by atoms with van der Waals surface area (Å²) in [6, 6.07) is 9.60. The zero-order chi connectivity index (χ0) is 16.6. The molecule has 1 aliphatic carbocycles. The van der Waals surface area contributed by atoms with Crippen LogP contribution in [0.1, 0.15) is 43.6 Å². The molecule has 1 amide bonds.